The standard InChI is InChI=1S/C15H22O3/c1-15(2,3)9-11-7-13(16)12-6-5-10(17-4)8-14(12)18-11/h5-6,8,11,13,16H,7,9H2,1-4H3/t11?,13-/m1/s1. The Morgan fingerprint density at radius 1 is 1.39 bits per heavy atom. The maximum absolute atomic E-state index is 10.2. The zero-order valence-electron chi connectivity index (χ0n) is 11.6. The lowest BCUT2D eigenvalue weighted by Gasteiger charge is -2.33. The van der Waals surface area contributed by atoms with Crippen LogP contribution < -0.4 is 9.47 Å². The summed E-state index contributed by atoms with van der Waals surface area (Å²) >= 11 is 0. The van der Waals surface area contributed by atoms with E-state index in [9.17, 15) is 5.11 Å². The Morgan fingerprint density at radius 3 is 2.72 bits per heavy atom. The summed E-state index contributed by atoms with van der Waals surface area (Å²) < 4.78 is 11.2. The van der Waals surface area contributed by atoms with E-state index in [2.05, 4.69) is 20.8 Å². The number of aliphatic hydroxyl groups excluding tert-OH is 1. The van der Waals surface area contributed by atoms with Gasteiger partial charge in [0, 0.05) is 18.1 Å². The van der Waals surface area contributed by atoms with Crippen LogP contribution in [0.2, 0.25) is 0 Å². The Morgan fingerprint density at radius 2 is 2.11 bits per heavy atom. The molecule has 0 saturated heterocycles. The van der Waals surface area contributed by atoms with Crippen LogP contribution in [0.5, 0.6) is 11.5 Å². The topological polar surface area (TPSA) is 38.7 Å². The van der Waals surface area contributed by atoms with E-state index in [1.807, 2.05) is 18.2 Å². The molecule has 0 amide bonds. The van der Waals surface area contributed by atoms with E-state index < -0.39 is 6.10 Å². The highest BCUT2D eigenvalue weighted by Crippen LogP contribution is 2.39. The number of rotatable bonds is 2. The van der Waals surface area contributed by atoms with E-state index in [1.54, 1.807) is 7.11 Å². The van der Waals surface area contributed by atoms with Gasteiger partial charge in [0.1, 0.15) is 17.6 Å². The van der Waals surface area contributed by atoms with Crippen LogP contribution in [-0.2, 0) is 0 Å². The number of hydrogen-bond donors (Lipinski definition) is 1. The minimum atomic E-state index is -0.438. The van der Waals surface area contributed by atoms with E-state index in [1.165, 1.54) is 0 Å². The molecule has 1 aliphatic heterocycles. The first kappa shape index (κ1) is 13.2. The Kier molecular flexibility index (Phi) is 3.53. The van der Waals surface area contributed by atoms with E-state index in [0.717, 1.165) is 23.5 Å². The summed E-state index contributed by atoms with van der Waals surface area (Å²) in [7, 11) is 1.63. The van der Waals surface area contributed by atoms with Crippen molar-refractivity contribution in [1.29, 1.82) is 0 Å². The number of fused-ring (bicyclic) bond motifs is 1. The predicted octanol–water partition coefficient (Wildman–Crippen LogP) is 3.32. The number of aliphatic hydroxyl groups is 1. The van der Waals surface area contributed by atoms with Crippen LogP contribution in [0.1, 0.15) is 45.3 Å². The molecule has 1 unspecified atom stereocenters. The molecule has 1 aromatic rings. The molecule has 1 heterocycles. The molecule has 0 fully saturated rings. The third-order valence-corrected chi connectivity index (χ3v) is 3.20. The highest BCUT2D eigenvalue weighted by atomic mass is 16.5. The fraction of sp³-hybridized carbons (Fsp3) is 0.600. The summed E-state index contributed by atoms with van der Waals surface area (Å²) in [6, 6.07) is 5.59. The number of ether oxygens (including phenoxy) is 2. The molecule has 0 saturated carbocycles. The zero-order chi connectivity index (χ0) is 13.3. The summed E-state index contributed by atoms with van der Waals surface area (Å²) in [5.74, 6) is 1.51. The summed E-state index contributed by atoms with van der Waals surface area (Å²) in [5, 5.41) is 10.2. The van der Waals surface area contributed by atoms with Crippen molar-refractivity contribution in [3.63, 3.8) is 0 Å². The number of hydrogen-bond acceptors (Lipinski definition) is 3. The SMILES string of the molecule is COc1ccc2c(c1)OC(CC(C)(C)C)C[C@H]2O. The van der Waals surface area contributed by atoms with Crippen molar-refractivity contribution in [2.24, 2.45) is 5.41 Å². The van der Waals surface area contributed by atoms with Crippen molar-refractivity contribution < 1.29 is 14.6 Å². The van der Waals surface area contributed by atoms with Gasteiger partial charge in [-0.25, -0.2) is 0 Å². The molecule has 2 atom stereocenters. The van der Waals surface area contributed by atoms with Gasteiger partial charge in [-0.1, -0.05) is 20.8 Å². The van der Waals surface area contributed by atoms with E-state index >= 15 is 0 Å². The molecule has 100 valence electrons. The van der Waals surface area contributed by atoms with E-state index in [-0.39, 0.29) is 11.5 Å². The lowest BCUT2D eigenvalue weighted by molar-refractivity contribution is 0.0445. The molecule has 1 aliphatic rings. The van der Waals surface area contributed by atoms with Gasteiger partial charge in [-0.05, 0) is 24.0 Å². The minimum absolute atomic E-state index is 0.0691. The van der Waals surface area contributed by atoms with Crippen molar-refractivity contribution in [3.05, 3.63) is 23.8 Å². The first-order chi connectivity index (χ1) is 8.39. The minimum Gasteiger partial charge on any atom is -0.497 e. The second-order valence-electron chi connectivity index (χ2n) is 6.16. The van der Waals surface area contributed by atoms with Crippen molar-refractivity contribution in [3.8, 4) is 11.5 Å². The van der Waals surface area contributed by atoms with Gasteiger partial charge < -0.3 is 14.6 Å². The molecule has 0 radical (unpaired) electrons. The molecule has 0 spiro atoms. The second kappa shape index (κ2) is 4.81. The fourth-order valence-corrected chi connectivity index (χ4v) is 2.43. The zero-order valence-corrected chi connectivity index (χ0v) is 11.6. The smallest absolute Gasteiger partial charge is 0.129 e. The summed E-state index contributed by atoms with van der Waals surface area (Å²) in [5.41, 5.74) is 1.06. The van der Waals surface area contributed by atoms with Crippen molar-refractivity contribution in [1.82, 2.24) is 0 Å². The molecule has 0 aliphatic carbocycles. The number of methoxy groups -OCH3 is 1. The molecule has 2 rings (SSSR count). The van der Waals surface area contributed by atoms with Crippen LogP contribution >= 0.6 is 0 Å². The predicted molar refractivity (Wildman–Crippen MR) is 71.1 cm³/mol. The molecule has 3 heteroatoms. The maximum atomic E-state index is 10.2. The van der Waals surface area contributed by atoms with Gasteiger partial charge >= 0.3 is 0 Å². The summed E-state index contributed by atoms with van der Waals surface area (Å²) in [4.78, 5) is 0. The Bertz CT molecular complexity index is 420. The van der Waals surface area contributed by atoms with Gasteiger partial charge in [0.25, 0.3) is 0 Å². The van der Waals surface area contributed by atoms with E-state index in [4.69, 9.17) is 9.47 Å². The molecule has 3 nitrogen and oxygen atoms in total. The average molecular weight is 250 g/mol. The molecule has 0 aromatic heterocycles. The summed E-state index contributed by atoms with van der Waals surface area (Å²) in [6.45, 7) is 6.55. The molecular weight excluding hydrogens is 228 g/mol. The fourth-order valence-electron chi connectivity index (χ4n) is 2.43. The van der Waals surface area contributed by atoms with Crippen LogP contribution in [0.25, 0.3) is 0 Å². The van der Waals surface area contributed by atoms with Crippen LogP contribution in [0.4, 0.5) is 0 Å². The Labute approximate surface area is 109 Å². The quantitative estimate of drug-likeness (QED) is 0.875. The highest BCUT2D eigenvalue weighted by molar-refractivity contribution is 5.43. The molecule has 0 bridgehead atoms. The first-order valence-corrected chi connectivity index (χ1v) is 6.42. The largest absolute Gasteiger partial charge is 0.497 e. The molecular formula is C15H22O3. The van der Waals surface area contributed by atoms with Gasteiger partial charge in [-0.15, -0.1) is 0 Å². The Balaban J connectivity index is 2.21. The van der Waals surface area contributed by atoms with Crippen LogP contribution in [0.3, 0.4) is 0 Å². The molecule has 1 aromatic carbocycles. The second-order valence-corrected chi connectivity index (χ2v) is 6.16. The van der Waals surface area contributed by atoms with Crippen LogP contribution in [-0.4, -0.2) is 18.3 Å². The van der Waals surface area contributed by atoms with Crippen molar-refractivity contribution >= 4 is 0 Å². The third-order valence-electron chi connectivity index (χ3n) is 3.20. The van der Waals surface area contributed by atoms with Crippen LogP contribution in [0, 0.1) is 5.41 Å². The van der Waals surface area contributed by atoms with Gasteiger partial charge in [-0.2, -0.15) is 0 Å². The number of benzene rings is 1. The summed E-state index contributed by atoms with van der Waals surface area (Å²) in [6.07, 6.45) is 1.23. The van der Waals surface area contributed by atoms with Gasteiger partial charge in [0.15, 0.2) is 0 Å². The lowest BCUT2D eigenvalue weighted by Crippen LogP contribution is -2.29. The van der Waals surface area contributed by atoms with Crippen LogP contribution in [0.15, 0.2) is 18.2 Å². The maximum Gasteiger partial charge on any atom is 0.129 e. The van der Waals surface area contributed by atoms with Crippen molar-refractivity contribution in [2.75, 3.05) is 7.11 Å². The van der Waals surface area contributed by atoms with Crippen molar-refractivity contribution in [2.45, 2.75) is 45.8 Å². The monoisotopic (exact) mass is 250 g/mol. The average Bonchev–Trinajstić information content (AvgIpc) is 2.25. The van der Waals surface area contributed by atoms with Gasteiger partial charge in [0.05, 0.1) is 13.2 Å². The van der Waals surface area contributed by atoms with E-state index in [0.29, 0.717) is 6.42 Å². The normalized spacial score (nSPS) is 23.2. The first-order valence-electron chi connectivity index (χ1n) is 6.42. The highest BCUT2D eigenvalue weighted by Gasteiger charge is 2.30. The molecule has 18 heavy (non-hydrogen) atoms. The van der Waals surface area contributed by atoms with Gasteiger partial charge in [0.2, 0.25) is 0 Å². The lowest BCUT2D eigenvalue weighted by atomic mass is 9.85. The van der Waals surface area contributed by atoms with Gasteiger partial charge in [-0.3, -0.25) is 0 Å². The third kappa shape index (κ3) is 2.96. The molecule has 1 N–H and O–H groups in total. The Hall–Kier alpha value is -1.22.